The molecule has 1 unspecified atom stereocenters. The lowest BCUT2D eigenvalue weighted by Crippen LogP contribution is -2.48. The van der Waals surface area contributed by atoms with Crippen LogP contribution in [0.2, 0.25) is 0 Å². The van der Waals surface area contributed by atoms with Crippen LogP contribution in [-0.2, 0) is 34.2 Å². The lowest BCUT2D eigenvalue weighted by Gasteiger charge is -2.31. The summed E-state index contributed by atoms with van der Waals surface area (Å²) in [6, 6.07) is 10.1. The zero-order valence-electron chi connectivity index (χ0n) is 19.4. The zero-order valence-corrected chi connectivity index (χ0v) is 20.2. The molecule has 1 amide bonds. The van der Waals surface area contributed by atoms with Crippen molar-refractivity contribution in [2.24, 2.45) is 11.7 Å². The van der Waals surface area contributed by atoms with Crippen LogP contribution in [0.3, 0.4) is 0 Å². The number of hydrogen-bond donors (Lipinski definition) is 4. The molecular weight excluding hydrogens is 464 g/mol. The van der Waals surface area contributed by atoms with Crippen molar-refractivity contribution in [3.63, 3.8) is 0 Å². The van der Waals surface area contributed by atoms with Gasteiger partial charge in [0.15, 0.2) is 0 Å². The van der Waals surface area contributed by atoms with E-state index in [0.29, 0.717) is 6.54 Å². The highest BCUT2D eigenvalue weighted by molar-refractivity contribution is 7.88. The molecule has 34 heavy (non-hydrogen) atoms. The summed E-state index contributed by atoms with van der Waals surface area (Å²) in [6.45, 7) is 2.62. The normalized spacial score (nSPS) is 14.5. The van der Waals surface area contributed by atoms with E-state index in [9.17, 15) is 27.1 Å². The quantitative estimate of drug-likeness (QED) is 0.318. The van der Waals surface area contributed by atoms with Gasteiger partial charge in [-0.3, -0.25) is 4.79 Å². The smallest absolute Gasteiger partial charge is 0.217 e. The van der Waals surface area contributed by atoms with Gasteiger partial charge in [0.2, 0.25) is 15.9 Å². The van der Waals surface area contributed by atoms with Crippen molar-refractivity contribution in [3.05, 3.63) is 70.8 Å². The molecule has 7 nitrogen and oxygen atoms in total. The van der Waals surface area contributed by atoms with Crippen molar-refractivity contribution >= 4 is 15.9 Å². The Bertz CT molecular complexity index is 1050. The van der Waals surface area contributed by atoms with E-state index in [-0.39, 0.29) is 31.4 Å². The molecule has 3 atom stereocenters. The highest BCUT2D eigenvalue weighted by Crippen LogP contribution is 2.22. The van der Waals surface area contributed by atoms with Gasteiger partial charge in [0.05, 0.1) is 12.4 Å². The Morgan fingerprint density at radius 3 is 2.32 bits per heavy atom. The van der Waals surface area contributed by atoms with Crippen LogP contribution in [0.5, 0.6) is 0 Å². The SMILES string of the molecule is CCc1cccc(CNC[C@H](O)[C@@H](Cc2cc(F)cc(F)c2)C(CCC(N)=O)NS(C)(=O)=O)c1. The molecule has 5 N–H and O–H groups in total. The van der Waals surface area contributed by atoms with Crippen LogP contribution >= 0.6 is 0 Å². The van der Waals surface area contributed by atoms with Crippen LogP contribution in [0.4, 0.5) is 8.78 Å². The van der Waals surface area contributed by atoms with Crippen molar-refractivity contribution < 1.29 is 27.1 Å². The minimum absolute atomic E-state index is 0.0191. The number of rotatable bonds is 14. The van der Waals surface area contributed by atoms with Crippen LogP contribution in [0.1, 0.15) is 36.5 Å². The monoisotopic (exact) mass is 497 g/mol. The van der Waals surface area contributed by atoms with Crippen LogP contribution < -0.4 is 15.8 Å². The average Bonchev–Trinajstić information content (AvgIpc) is 2.73. The summed E-state index contributed by atoms with van der Waals surface area (Å²) < 4.78 is 54.0. The number of benzene rings is 2. The Labute approximate surface area is 199 Å². The van der Waals surface area contributed by atoms with E-state index in [2.05, 4.69) is 17.0 Å². The summed E-state index contributed by atoms with van der Waals surface area (Å²) in [5.41, 5.74) is 7.71. The molecule has 2 rings (SSSR count). The highest BCUT2D eigenvalue weighted by atomic mass is 32.2. The summed E-state index contributed by atoms with van der Waals surface area (Å²) in [4.78, 5) is 11.4. The van der Waals surface area contributed by atoms with Crippen molar-refractivity contribution in [2.45, 2.75) is 51.3 Å². The summed E-state index contributed by atoms with van der Waals surface area (Å²) in [5.74, 6) is -2.96. The van der Waals surface area contributed by atoms with E-state index in [1.165, 1.54) is 5.56 Å². The minimum atomic E-state index is -3.71. The standard InChI is InChI=1S/C24H33F2N3O4S/c1-3-16-5-4-6-17(9-16)14-28-15-23(30)21(12-18-10-19(25)13-20(26)11-18)22(7-8-24(27)31)29-34(2,32)33/h4-6,9-11,13,21-23,28-30H,3,7-8,12,14-15H2,1-2H3,(H2,27,31)/t21-,22?,23-/m0/s1. The molecule has 0 bridgehead atoms. The number of halogens is 2. The number of aliphatic hydroxyl groups is 1. The number of nitrogens with two attached hydrogens (primary N) is 1. The zero-order chi connectivity index (χ0) is 25.3. The molecule has 2 aromatic rings. The maximum absolute atomic E-state index is 13.8. The number of nitrogens with one attached hydrogen (secondary N) is 2. The number of sulfonamides is 1. The summed E-state index contributed by atoms with van der Waals surface area (Å²) in [7, 11) is -3.71. The van der Waals surface area contributed by atoms with Crippen LogP contribution in [-0.4, -0.2) is 44.4 Å². The molecule has 0 radical (unpaired) electrons. The van der Waals surface area contributed by atoms with Gasteiger partial charge in [0.25, 0.3) is 0 Å². The molecule has 0 saturated heterocycles. The van der Waals surface area contributed by atoms with E-state index in [1.807, 2.05) is 24.3 Å². The van der Waals surface area contributed by atoms with Crippen molar-refractivity contribution in [3.8, 4) is 0 Å². The highest BCUT2D eigenvalue weighted by Gasteiger charge is 2.31. The van der Waals surface area contributed by atoms with E-state index in [1.54, 1.807) is 0 Å². The van der Waals surface area contributed by atoms with Gasteiger partial charge in [-0.2, -0.15) is 0 Å². The van der Waals surface area contributed by atoms with Gasteiger partial charge in [-0.1, -0.05) is 31.2 Å². The maximum Gasteiger partial charge on any atom is 0.217 e. The topological polar surface area (TPSA) is 122 Å². The molecule has 2 aromatic carbocycles. The minimum Gasteiger partial charge on any atom is -0.391 e. The number of aliphatic hydroxyl groups excluding tert-OH is 1. The molecule has 10 heteroatoms. The number of aryl methyl sites for hydroxylation is 1. The number of amides is 1. The van der Waals surface area contributed by atoms with Crippen LogP contribution in [0, 0.1) is 17.6 Å². The van der Waals surface area contributed by atoms with Crippen molar-refractivity contribution in [2.75, 3.05) is 12.8 Å². The molecular formula is C24H33F2N3O4S. The van der Waals surface area contributed by atoms with Crippen LogP contribution in [0.25, 0.3) is 0 Å². The Morgan fingerprint density at radius 2 is 1.74 bits per heavy atom. The molecule has 188 valence electrons. The van der Waals surface area contributed by atoms with E-state index >= 15 is 0 Å². The number of carbonyl (C=O) groups is 1. The molecule has 0 spiro atoms. The third-order valence-corrected chi connectivity index (χ3v) is 6.29. The van der Waals surface area contributed by atoms with Gasteiger partial charge in [-0.05, 0) is 48.1 Å². The van der Waals surface area contributed by atoms with Gasteiger partial charge in [-0.25, -0.2) is 21.9 Å². The second-order valence-electron chi connectivity index (χ2n) is 8.52. The molecule has 0 heterocycles. The second-order valence-corrected chi connectivity index (χ2v) is 10.3. The first-order valence-corrected chi connectivity index (χ1v) is 13.0. The van der Waals surface area contributed by atoms with E-state index in [0.717, 1.165) is 36.4 Å². The van der Waals surface area contributed by atoms with Gasteiger partial charge >= 0.3 is 0 Å². The summed E-state index contributed by atoms with van der Waals surface area (Å²) in [6.07, 6.45) is 0.656. The molecule has 0 aliphatic heterocycles. The maximum atomic E-state index is 13.8. The molecule has 0 aromatic heterocycles. The first kappa shape index (κ1) is 27.8. The predicted molar refractivity (Wildman–Crippen MR) is 127 cm³/mol. The van der Waals surface area contributed by atoms with E-state index in [4.69, 9.17) is 5.73 Å². The fourth-order valence-electron chi connectivity index (χ4n) is 3.96. The van der Waals surface area contributed by atoms with E-state index < -0.39 is 45.6 Å². The molecule has 0 aliphatic rings. The number of carbonyl (C=O) groups excluding carboxylic acids is 1. The van der Waals surface area contributed by atoms with Crippen LogP contribution in [0.15, 0.2) is 42.5 Å². The third kappa shape index (κ3) is 9.84. The summed E-state index contributed by atoms with van der Waals surface area (Å²) in [5, 5.41) is 14.2. The fraction of sp³-hybridized carbons (Fsp3) is 0.458. The lowest BCUT2D eigenvalue weighted by molar-refractivity contribution is -0.118. The Kier molecular flexibility index (Phi) is 10.6. The second kappa shape index (κ2) is 12.9. The average molecular weight is 498 g/mol. The van der Waals surface area contributed by atoms with Gasteiger partial charge in [0.1, 0.15) is 11.6 Å². The Balaban J connectivity index is 2.23. The Hall–Kier alpha value is -2.40. The van der Waals surface area contributed by atoms with Crippen molar-refractivity contribution in [1.82, 2.24) is 10.0 Å². The largest absolute Gasteiger partial charge is 0.391 e. The van der Waals surface area contributed by atoms with Gasteiger partial charge in [0, 0.05) is 37.5 Å². The molecule has 0 aliphatic carbocycles. The fourth-order valence-corrected chi connectivity index (χ4v) is 4.80. The number of primary amides is 1. The molecule has 0 saturated carbocycles. The first-order valence-electron chi connectivity index (χ1n) is 11.1. The van der Waals surface area contributed by atoms with Crippen molar-refractivity contribution in [1.29, 1.82) is 0 Å². The number of hydrogen-bond acceptors (Lipinski definition) is 5. The Morgan fingerprint density at radius 1 is 1.09 bits per heavy atom. The predicted octanol–water partition coefficient (Wildman–Crippen LogP) is 2.02. The lowest BCUT2D eigenvalue weighted by atomic mass is 9.85. The molecule has 0 fully saturated rings. The summed E-state index contributed by atoms with van der Waals surface area (Å²) >= 11 is 0. The first-order chi connectivity index (χ1) is 16.0. The van der Waals surface area contributed by atoms with Gasteiger partial charge < -0.3 is 16.2 Å². The van der Waals surface area contributed by atoms with Gasteiger partial charge in [-0.15, -0.1) is 0 Å². The third-order valence-electron chi connectivity index (χ3n) is 5.55.